The summed E-state index contributed by atoms with van der Waals surface area (Å²) in [5.74, 6) is 0.969. The molecular weight excluding hydrogens is 640 g/mol. The van der Waals surface area contributed by atoms with Gasteiger partial charge in [-0.1, -0.05) is 31.5 Å². The molecule has 2 heterocycles. The molecule has 0 fully saturated rings. The maximum absolute atomic E-state index is 12.3. The molecule has 276 valence electrons. The molecule has 14 heteroatoms. The minimum Gasteiger partial charge on any atom is -0.382 e. The molecule has 2 aromatic heterocycles. The molecule has 0 aliphatic rings. The summed E-state index contributed by atoms with van der Waals surface area (Å²) in [6, 6.07) is 7.83. The number of para-hydroxylation sites is 1. The van der Waals surface area contributed by atoms with E-state index in [0.29, 0.717) is 32.1 Å². The van der Waals surface area contributed by atoms with Crippen LogP contribution in [-0.4, -0.2) is 97.2 Å². The number of anilines is 1. The first-order valence-corrected chi connectivity index (χ1v) is 17.9. The number of unbranched alkanes of at least 4 members (excludes halogenated alkanes) is 3. The first-order valence-electron chi connectivity index (χ1n) is 17.9. The number of fused-ring (bicyclic) bond motifs is 3. The van der Waals surface area contributed by atoms with Crippen molar-refractivity contribution in [3.63, 3.8) is 0 Å². The molecule has 0 aliphatic heterocycles. The van der Waals surface area contributed by atoms with Crippen molar-refractivity contribution in [2.45, 2.75) is 90.6 Å². The third kappa shape index (κ3) is 13.6. The maximum Gasteiger partial charge on any atom is 0.239 e. The Bertz CT molecular complexity index is 1530. The number of Topliss-reactive ketones (excluding diaryl/α,β-unsaturated/α-hetero) is 1. The van der Waals surface area contributed by atoms with E-state index in [1.54, 1.807) is 14.0 Å². The molecule has 3 rings (SSSR count). The number of likely N-dealkylation sites (N-methyl/N-ethyl adjacent to an activating group) is 1. The number of nitrogens with one attached hydrogen (secondary N) is 4. The second-order valence-corrected chi connectivity index (χ2v) is 12.4. The van der Waals surface area contributed by atoms with Gasteiger partial charge in [-0.3, -0.25) is 19.2 Å². The Hall–Kier alpha value is -4.14. The van der Waals surface area contributed by atoms with Gasteiger partial charge in [0.2, 0.25) is 17.7 Å². The summed E-state index contributed by atoms with van der Waals surface area (Å²) in [6.07, 6.45) is 7.36. The third-order valence-electron chi connectivity index (χ3n) is 8.42. The van der Waals surface area contributed by atoms with Gasteiger partial charge in [-0.15, -0.1) is 0 Å². The largest absolute Gasteiger partial charge is 0.382 e. The minimum atomic E-state index is -0.270. The lowest BCUT2D eigenvalue weighted by molar-refractivity contribution is -0.126. The predicted octanol–water partition coefficient (Wildman–Crippen LogP) is 2.80. The van der Waals surface area contributed by atoms with Crippen molar-refractivity contribution in [1.29, 1.82) is 0 Å². The van der Waals surface area contributed by atoms with Crippen LogP contribution in [0.3, 0.4) is 0 Å². The average molecular weight is 697 g/mol. The number of pyridine rings is 1. The van der Waals surface area contributed by atoms with Crippen LogP contribution in [0.1, 0.15) is 77.5 Å². The second-order valence-electron chi connectivity index (χ2n) is 12.4. The van der Waals surface area contributed by atoms with Gasteiger partial charge in [0.05, 0.1) is 50.0 Å². The first-order chi connectivity index (χ1) is 24.2. The van der Waals surface area contributed by atoms with E-state index in [9.17, 15) is 19.2 Å². The number of aromatic nitrogens is 3. The summed E-state index contributed by atoms with van der Waals surface area (Å²) >= 11 is 0. The van der Waals surface area contributed by atoms with Gasteiger partial charge in [0.1, 0.15) is 17.1 Å². The van der Waals surface area contributed by atoms with Gasteiger partial charge in [0, 0.05) is 44.3 Å². The van der Waals surface area contributed by atoms with Crippen LogP contribution >= 0.6 is 0 Å². The molecule has 14 nitrogen and oxygen atoms in total. The molecule has 0 spiro atoms. The summed E-state index contributed by atoms with van der Waals surface area (Å²) in [5, 5.41) is 12.4. The van der Waals surface area contributed by atoms with Gasteiger partial charge in [0.25, 0.3) is 0 Å². The van der Waals surface area contributed by atoms with Crippen LogP contribution in [0.25, 0.3) is 21.9 Å². The lowest BCUT2D eigenvalue weighted by Gasteiger charge is -2.12. The second kappa shape index (κ2) is 22.6. The highest BCUT2D eigenvalue weighted by Crippen LogP contribution is 2.29. The highest BCUT2D eigenvalue weighted by Gasteiger charge is 2.17. The zero-order chi connectivity index (χ0) is 36.1. The number of hydrogen-bond acceptors (Lipinski definition) is 10. The number of imidazole rings is 1. The quantitative estimate of drug-likeness (QED) is 0.0780. The first kappa shape index (κ1) is 40.3. The molecule has 0 aliphatic carbocycles. The summed E-state index contributed by atoms with van der Waals surface area (Å²) in [7, 11) is 1.77. The molecule has 0 saturated heterocycles. The van der Waals surface area contributed by atoms with E-state index in [1.807, 2.05) is 18.2 Å². The van der Waals surface area contributed by atoms with Crippen molar-refractivity contribution in [1.82, 2.24) is 35.8 Å². The normalized spacial score (nSPS) is 11.9. The Kier molecular flexibility index (Phi) is 18.2. The Labute approximate surface area is 295 Å². The number of amides is 3. The topological polar surface area (TPSA) is 192 Å². The van der Waals surface area contributed by atoms with E-state index in [2.05, 4.69) is 43.8 Å². The molecule has 0 bridgehead atoms. The van der Waals surface area contributed by atoms with E-state index in [-0.39, 0.29) is 62.1 Å². The van der Waals surface area contributed by atoms with E-state index < -0.39 is 0 Å². The SMILES string of the molecule is CCCCc1nc2c(N)nc3ccccc3c2n1CCCCNC(=O)CNC(=O)CCOCCOCCC(=O)NCCCCC(NC)C(C)=O. The molecule has 50 heavy (non-hydrogen) atoms. The number of aryl methyl sites for hydroxylation is 2. The smallest absolute Gasteiger partial charge is 0.239 e. The van der Waals surface area contributed by atoms with Crippen LogP contribution in [0.5, 0.6) is 0 Å². The summed E-state index contributed by atoms with van der Waals surface area (Å²) in [5.41, 5.74) is 8.89. The van der Waals surface area contributed by atoms with Crippen LogP contribution in [-0.2, 0) is 41.6 Å². The Morgan fingerprint density at radius 2 is 1.50 bits per heavy atom. The fourth-order valence-electron chi connectivity index (χ4n) is 5.62. The zero-order valence-corrected chi connectivity index (χ0v) is 30.0. The molecule has 1 unspecified atom stereocenters. The number of nitrogens with zero attached hydrogens (tertiary/aromatic N) is 3. The monoisotopic (exact) mass is 696 g/mol. The number of carbonyl (C=O) groups is 4. The number of benzene rings is 1. The Balaban J connectivity index is 1.21. The van der Waals surface area contributed by atoms with E-state index in [0.717, 1.165) is 85.7 Å². The number of nitrogens with two attached hydrogens (primary N) is 1. The standard InChI is InChI=1S/C36H56N8O6/c1-4-5-15-30-43-34-35(27-12-6-7-14-29(27)42-36(34)37)44(30)20-11-10-19-40-33(48)25-41-32(47)17-22-50-24-23-49-21-16-31(46)39-18-9-8-13-28(38-3)26(2)45/h6-7,12,14,28,38H,4-5,8-11,13,15-25H2,1-3H3,(H2,37,42)(H,39,46)(H,40,48)(H,41,47). The number of nitrogen functional groups attached to an aromatic ring is 1. The lowest BCUT2D eigenvalue weighted by Crippen LogP contribution is -2.37. The number of ketones is 1. The van der Waals surface area contributed by atoms with Crippen LogP contribution in [0.4, 0.5) is 5.82 Å². The van der Waals surface area contributed by atoms with Crippen LogP contribution < -0.4 is 27.0 Å². The van der Waals surface area contributed by atoms with Crippen molar-refractivity contribution in [3.05, 3.63) is 30.1 Å². The van der Waals surface area contributed by atoms with Crippen molar-refractivity contribution >= 4 is 51.3 Å². The molecule has 3 amide bonds. The van der Waals surface area contributed by atoms with Gasteiger partial charge < -0.3 is 41.0 Å². The lowest BCUT2D eigenvalue weighted by atomic mass is 10.1. The van der Waals surface area contributed by atoms with Gasteiger partial charge in [-0.25, -0.2) is 9.97 Å². The predicted molar refractivity (Wildman–Crippen MR) is 195 cm³/mol. The van der Waals surface area contributed by atoms with Gasteiger partial charge >= 0.3 is 0 Å². The van der Waals surface area contributed by atoms with Crippen molar-refractivity contribution < 1.29 is 28.7 Å². The Morgan fingerprint density at radius 3 is 2.18 bits per heavy atom. The molecular formula is C36H56N8O6. The third-order valence-corrected chi connectivity index (χ3v) is 8.42. The van der Waals surface area contributed by atoms with Crippen LogP contribution in [0.2, 0.25) is 0 Å². The van der Waals surface area contributed by atoms with Crippen molar-refractivity contribution in [2.75, 3.05) is 58.8 Å². The van der Waals surface area contributed by atoms with Crippen molar-refractivity contribution in [2.24, 2.45) is 0 Å². The summed E-state index contributed by atoms with van der Waals surface area (Å²) in [6.45, 7) is 6.55. The molecule has 0 saturated carbocycles. The highest BCUT2D eigenvalue weighted by atomic mass is 16.5. The van der Waals surface area contributed by atoms with E-state index >= 15 is 0 Å². The molecule has 1 aromatic carbocycles. The summed E-state index contributed by atoms with van der Waals surface area (Å²) < 4.78 is 13.1. The van der Waals surface area contributed by atoms with Crippen LogP contribution in [0, 0.1) is 0 Å². The molecule has 0 radical (unpaired) electrons. The maximum atomic E-state index is 12.3. The van der Waals surface area contributed by atoms with Gasteiger partial charge in [-0.2, -0.15) is 0 Å². The average Bonchev–Trinajstić information content (AvgIpc) is 3.47. The minimum absolute atomic E-state index is 0.0826. The number of ether oxygens (including phenoxy) is 2. The zero-order valence-electron chi connectivity index (χ0n) is 30.0. The van der Waals surface area contributed by atoms with Gasteiger partial charge in [-0.05, 0) is 58.6 Å². The number of rotatable bonds is 26. The fraction of sp³-hybridized carbons (Fsp3) is 0.611. The van der Waals surface area contributed by atoms with Crippen LogP contribution in [0.15, 0.2) is 24.3 Å². The van der Waals surface area contributed by atoms with E-state index in [4.69, 9.17) is 20.2 Å². The fourth-order valence-corrected chi connectivity index (χ4v) is 5.62. The Morgan fingerprint density at radius 1 is 0.840 bits per heavy atom. The van der Waals surface area contributed by atoms with Crippen molar-refractivity contribution in [3.8, 4) is 0 Å². The number of hydrogen-bond donors (Lipinski definition) is 5. The van der Waals surface area contributed by atoms with E-state index in [1.165, 1.54) is 0 Å². The number of carbonyl (C=O) groups excluding carboxylic acids is 4. The molecule has 3 aromatic rings. The molecule has 6 N–H and O–H groups in total. The van der Waals surface area contributed by atoms with Gasteiger partial charge in [0.15, 0.2) is 5.82 Å². The highest BCUT2D eigenvalue weighted by molar-refractivity contribution is 6.06. The summed E-state index contributed by atoms with van der Waals surface area (Å²) in [4.78, 5) is 57.1. The molecule has 1 atom stereocenters.